The van der Waals surface area contributed by atoms with Crippen molar-refractivity contribution in [2.75, 3.05) is 9.80 Å². The van der Waals surface area contributed by atoms with Gasteiger partial charge in [0.1, 0.15) is 34.6 Å². The molecule has 10 aromatic rings. The summed E-state index contributed by atoms with van der Waals surface area (Å²) in [7, 11) is 0. The summed E-state index contributed by atoms with van der Waals surface area (Å²) in [4.78, 5) is 10.8. The minimum absolute atomic E-state index is 0.120. The smallest absolute Gasteiger partial charge is 0.258 e. The van der Waals surface area contributed by atoms with Crippen molar-refractivity contribution in [3.05, 3.63) is 194 Å². The van der Waals surface area contributed by atoms with Crippen molar-refractivity contribution in [3.8, 4) is 28.7 Å². The van der Waals surface area contributed by atoms with Crippen LogP contribution in [0.1, 0.15) is 26.3 Å². The molecule has 0 amide bonds. The lowest BCUT2D eigenvalue weighted by atomic mass is 9.31. The highest BCUT2D eigenvalue weighted by Gasteiger charge is 2.48. The molecule has 0 aliphatic carbocycles. The summed E-state index contributed by atoms with van der Waals surface area (Å²) in [5.74, 6) is 5.28. The monoisotopic (exact) mass is 834 g/mol. The fourth-order valence-corrected chi connectivity index (χ4v) is 11.1. The number of pyridine rings is 1. The van der Waals surface area contributed by atoms with Gasteiger partial charge in [0, 0.05) is 39.6 Å². The maximum atomic E-state index is 7.09. The number of ether oxygens (including phenoxy) is 2. The molecule has 65 heavy (non-hydrogen) atoms. The molecule has 14 rings (SSSR count). The van der Waals surface area contributed by atoms with Gasteiger partial charge in [0.05, 0.1) is 16.7 Å². The molecule has 8 heteroatoms. The van der Waals surface area contributed by atoms with Crippen LogP contribution < -0.4 is 52.1 Å². The largest absolute Gasteiger partial charge is 0.458 e. The maximum absolute atomic E-state index is 7.09. The fourth-order valence-electron chi connectivity index (χ4n) is 11.1. The van der Waals surface area contributed by atoms with E-state index in [0.717, 1.165) is 107 Å². The predicted molar refractivity (Wildman–Crippen MR) is 269 cm³/mol. The summed E-state index contributed by atoms with van der Waals surface area (Å²) >= 11 is 0. The van der Waals surface area contributed by atoms with Gasteiger partial charge in [-0.05, 0) is 110 Å². The molecule has 306 valence electrons. The molecule has 0 bridgehead atoms. The molecule has 0 N–H and O–H groups in total. The predicted octanol–water partition coefficient (Wildman–Crippen LogP) is 10.3. The number of hydrogen-bond donors (Lipinski definition) is 0. The number of benzene rings is 8. The minimum atomic E-state index is -0.158. The molecule has 2 aromatic heterocycles. The zero-order valence-corrected chi connectivity index (χ0v) is 36.2. The van der Waals surface area contributed by atoms with Crippen LogP contribution in [0.15, 0.2) is 188 Å². The van der Waals surface area contributed by atoms with E-state index >= 15 is 0 Å². The SMILES string of the molecule is CC(C)(C)c1cc2c3c(c1)N(c1ccccc1)c1nc4c(cc1B3c1ccccc1O2)B1c2ccccc2Oc2cc(-n3c5ccccc5c5ccccc53)cc(c21)N4c1ccccc1. The van der Waals surface area contributed by atoms with Gasteiger partial charge in [-0.15, -0.1) is 0 Å². The van der Waals surface area contributed by atoms with Crippen LogP contribution in [0.3, 0.4) is 0 Å². The third kappa shape index (κ3) is 5.16. The highest BCUT2D eigenvalue weighted by molar-refractivity contribution is 7.02. The van der Waals surface area contributed by atoms with Gasteiger partial charge in [0.15, 0.2) is 0 Å². The Morgan fingerprint density at radius 1 is 0.415 bits per heavy atom. The molecule has 6 nitrogen and oxygen atoms in total. The lowest BCUT2D eigenvalue weighted by molar-refractivity contribution is 0.483. The third-order valence-electron chi connectivity index (χ3n) is 14.0. The van der Waals surface area contributed by atoms with E-state index in [9.17, 15) is 0 Å². The lowest BCUT2D eigenvalue weighted by Crippen LogP contribution is -2.64. The van der Waals surface area contributed by atoms with Crippen molar-refractivity contribution >= 4 is 102 Å². The molecule has 0 unspecified atom stereocenters. The molecule has 4 aliphatic rings. The molecule has 0 saturated carbocycles. The zero-order valence-electron chi connectivity index (χ0n) is 36.2. The van der Waals surface area contributed by atoms with E-state index in [4.69, 9.17) is 14.5 Å². The van der Waals surface area contributed by atoms with Crippen molar-refractivity contribution in [1.82, 2.24) is 9.55 Å². The molecule has 0 atom stereocenters. The first-order chi connectivity index (χ1) is 31.9. The van der Waals surface area contributed by atoms with Crippen molar-refractivity contribution < 1.29 is 9.47 Å². The van der Waals surface area contributed by atoms with Crippen LogP contribution >= 0.6 is 0 Å². The van der Waals surface area contributed by atoms with Gasteiger partial charge >= 0.3 is 0 Å². The first-order valence-electron chi connectivity index (χ1n) is 22.5. The quantitative estimate of drug-likeness (QED) is 0.166. The highest BCUT2D eigenvalue weighted by Crippen LogP contribution is 2.47. The second-order valence-corrected chi connectivity index (χ2v) is 18.7. The van der Waals surface area contributed by atoms with Crippen LogP contribution in [-0.2, 0) is 5.41 Å². The molecule has 4 aliphatic heterocycles. The van der Waals surface area contributed by atoms with Gasteiger partial charge in [-0.25, -0.2) is 4.98 Å². The Morgan fingerprint density at radius 3 is 1.42 bits per heavy atom. The molecule has 0 radical (unpaired) electrons. The van der Waals surface area contributed by atoms with Crippen molar-refractivity contribution in [3.63, 3.8) is 0 Å². The number of para-hydroxylation sites is 6. The summed E-state index contributed by atoms with van der Waals surface area (Å²) in [6.45, 7) is 6.55. The summed E-state index contributed by atoms with van der Waals surface area (Å²) in [5.41, 5.74) is 15.4. The number of fused-ring (bicyclic) bond motifs is 11. The van der Waals surface area contributed by atoms with Crippen LogP contribution in [0, 0.1) is 0 Å². The maximum Gasteiger partial charge on any atom is 0.258 e. The van der Waals surface area contributed by atoms with Gasteiger partial charge in [-0.1, -0.05) is 136 Å². The second kappa shape index (κ2) is 13.3. The van der Waals surface area contributed by atoms with Gasteiger partial charge in [0.2, 0.25) is 0 Å². The second-order valence-electron chi connectivity index (χ2n) is 18.7. The topological polar surface area (TPSA) is 42.8 Å². The Morgan fingerprint density at radius 2 is 0.877 bits per heavy atom. The molecule has 0 spiro atoms. The zero-order chi connectivity index (χ0) is 43.1. The van der Waals surface area contributed by atoms with E-state index in [1.54, 1.807) is 0 Å². The number of nitrogens with zero attached hydrogens (tertiary/aromatic N) is 4. The van der Waals surface area contributed by atoms with Crippen LogP contribution in [-0.4, -0.2) is 23.0 Å². The van der Waals surface area contributed by atoms with Crippen molar-refractivity contribution in [2.45, 2.75) is 26.2 Å². The van der Waals surface area contributed by atoms with Crippen molar-refractivity contribution in [2.24, 2.45) is 0 Å². The summed E-state index contributed by atoms with van der Waals surface area (Å²) in [6, 6.07) is 67.7. The van der Waals surface area contributed by atoms with Gasteiger partial charge in [-0.3, -0.25) is 9.80 Å². The van der Waals surface area contributed by atoms with E-state index in [-0.39, 0.29) is 18.8 Å². The van der Waals surface area contributed by atoms with Gasteiger partial charge in [0.25, 0.3) is 13.4 Å². The average molecular weight is 835 g/mol. The number of anilines is 6. The van der Waals surface area contributed by atoms with Crippen LogP contribution in [0.4, 0.5) is 34.4 Å². The first kappa shape index (κ1) is 36.5. The average Bonchev–Trinajstić information content (AvgIpc) is 3.68. The number of aromatic nitrogens is 2. The van der Waals surface area contributed by atoms with Crippen molar-refractivity contribution in [1.29, 1.82) is 0 Å². The molecule has 0 saturated heterocycles. The molecular formula is C57H40B2N4O2. The summed E-state index contributed by atoms with van der Waals surface area (Å²) < 4.78 is 16.4. The minimum Gasteiger partial charge on any atom is -0.458 e. The van der Waals surface area contributed by atoms with E-state index in [2.05, 4.69) is 223 Å². The first-order valence-corrected chi connectivity index (χ1v) is 22.5. The Balaban J connectivity index is 1.11. The summed E-state index contributed by atoms with van der Waals surface area (Å²) in [6.07, 6.45) is 0. The van der Waals surface area contributed by atoms with E-state index in [1.807, 2.05) is 0 Å². The van der Waals surface area contributed by atoms with Crippen LogP contribution in [0.5, 0.6) is 23.0 Å². The van der Waals surface area contributed by atoms with E-state index < -0.39 is 0 Å². The molecule has 8 aromatic carbocycles. The Hall–Kier alpha value is -7.96. The van der Waals surface area contributed by atoms with Gasteiger partial charge in [-0.2, -0.15) is 0 Å². The third-order valence-corrected chi connectivity index (χ3v) is 14.0. The normalized spacial score (nSPS) is 13.9. The van der Waals surface area contributed by atoms with E-state index in [1.165, 1.54) is 16.3 Å². The van der Waals surface area contributed by atoms with Crippen LogP contribution in [0.2, 0.25) is 0 Å². The Kier molecular flexibility index (Phi) is 7.46. The van der Waals surface area contributed by atoms with Crippen LogP contribution in [0.25, 0.3) is 27.5 Å². The fraction of sp³-hybridized carbons (Fsp3) is 0.0702. The Bertz CT molecular complexity index is 3580. The molecule has 0 fully saturated rings. The number of hydrogen-bond acceptors (Lipinski definition) is 5. The molecular weight excluding hydrogens is 794 g/mol. The highest BCUT2D eigenvalue weighted by atomic mass is 16.5. The Labute approximate surface area is 378 Å². The van der Waals surface area contributed by atoms with E-state index in [0.29, 0.717) is 0 Å². The molecule has 6 heterocycles. The van der Waals surface area contributed by atoms with Gasteiger partial charge < -0.3 is 14.0 Å². The standard InChI is InChI=1S/C57H40B2N4O2/c1-57(2,3)35-30-47-53-51(31-35)64-49-28-16-12-24-41(49)58(53)43-34-44-56(60-55(43)62(47)36-18-6-4-7-19-36)63(37-20-8-5-9-21-37)48-32-38(33-52-54(48)59(44)42-25-13-17-29-50(42)65-52)61-45-26-14-10-22-39(45)40-23-11-15-27-46(40)61/h4-34H,1-3H3. The summed E-state index contributed by atoms with van der Waals surface area (Å²) in [5, 5.41) is 2.43. The lowest BCUT2D eigenvalue weighted by Gasteiger charge is -2.43. The number of rotatable bonds is 3.